The van der Waals surface area contributed by atoms with Crippen molar-refractivity contribution in [2.24, 2.45) is 5.41 Å². The van der Waals surface area contributed by atoms with Crippen LogP contribution in [0.2, 0.25) is 0 Å². The highest BCUT2D eigenvalue weighted by Gasteiger charge is 2.32. The first-order chi connectivity index (χ1) is 8.81. The molecule has 0 amide bonds. The van der Waals surface area contributed by atoms with E-state index in [9.17, 15) is 5.26 Å². The minimum Gasteiger partial charge on any atom is -0.297 e. The summed E-state index contributed by atoms with van der Waals surface area (Å²) in [6.07, 6.45) is 11.9. The quantitative estimate of drug-likeness (QED) is 0.770. The third-order valence-electron chi connectivity index (χ3n) is 3.96. The van der Waals surface area contributed by atoms with Crippen molar-refractivity contribution in [3.05, 3.63) is 23.5 Å². The van der Waals surface area contributed by atoms with Gasteiger partial charge in [-0.25, -0.2) is 4.98 Å². The molecule has 3 nitrogen and oxygen atoms in total. The molecule has 1 fully saturated rings. The second kappa shape index (κ2) is 4.74. The average Bonchev–Trinajstić information content (AvgIpc) is 2.85. The molecule has 0 atom stereocenters. The molecule has 0 unspecified atom stereocenters. The van der Waals surface area contributed by atoms with E-state index in [1.54, 1.807) is 11.3 Å². The van der Waals surface area contributed by atoms with Gasteiger partial charge in [0.15, 0.2) is 4.96 Å². The summed E-state index contributed by atoms with van der Waals surface area (Å²) in [5, 5.41) is 11.6. The van der Waals surface area contributed by atoms with Crippen LogP contribution in [0.1, 0.15) is 44.2 Å². The highest BCUT2D eigenvalue weighted by atomic mass is 32.1. The first kappa shape index (κ1) is 11.7. The Hall–Kier alpha value is -1.34. The van der Waals surface area contributed by atoms with Crippen LogP contribution in [0.5, 0.6) is 0 Å². The molecule has 2 heterocycles. The maximum atomic E-state index is 9.57. The van der Waals surface area contributed by atoms with Crippen molar-refractivity contribution < 1.29 is 0 Å². The van der Waals surface area contributed by atoms with Crippen LogP contribution in [0.4, 0.5) is 0 Å². The summed E-state index contributed by atoms with van der Waals surface area (Å²) >= 11 is 1.65. The van der Waals surface area contributed by atoms with E-state index in [2.05, 4.69) is 21.7 Å². The summed E-state index contributed by atoms with van der Waals surface area (Å²) in [5.74, 6) is 0. The Morgan fingerprint density at radius 3 is 2.78 bits per heavy atom. The van der Waals surface area contributed by atoms with Gasteiger partial charge in [0.25, 0.3) is 0 Å². The van der Waals surface area contributed by atoms with E-state index in [-0.39, 0.29) is 5.41 Å². The molecule has 0 bridgehead atoms. The van der Waals surface area contributed by atoms with E-state index in [1.807, 2.05) is 11.6 Å². The maximum absolute atomic E-state index is 9.57. The largest absolute Gasteiger partial charge is 0.297 e. The fourth-order valence-electron chi connectivity index (χ4n) is 2.94. The maximum Gasteiger partial charge on any atom is 0.193 e. The van der Waals surface area contributed by atoms with Crippen LogP contribution in [0.15, 0.2) is 17.8 Å². The Morgan fingerprint density at radius 2 is 2.11 bits per heavy atom. The smallest absolute Gasteiger partial charge is 0.193 e. The van der Waals surface area contributed by atoms with Crippen molar-refractivity contribution >= 4 is 16.3 Å². The molecule has 0 saturated heterocycles. The van der Waals surface area contributed by atoms with Crippen molar-refractivity contribution in [1.82, 2.24) is 9.38 Å². The Kier molecular flexibility index (Phi) is 3.09. The molecule has 2 aromatic rings. The number of aromatic nitrogens is 2. The Morgan fingerprint density at radius 1 is 1.33 bits per heavy atom. The van der Waals surface area contributed by atoms with Crippen molar-refractivity contribution in [2.75, 3.05) is 0 Å². The van der Waals surface area contributed by atoms with Gasteiger partial charge in [-0.3, -0.25) is 4.40 Å². The third kappa shape index (κ3) is 2.15. The molecule has 0 aliphatic heterocycles. The minimum atomic E-state index is -0.166. The van der Waals surface area contributed by atoms with Crippen molar-refractivity contribution in [3.8, 4) is 6.07 Å². The van der Waals surface area contributed by atoms with Crippen LogP contribution < -0.4 is 0 Å². The van der Waals surface area contributed by atoms with Crippen LogP contribution in [0, 0.1) is 16.7 Å². The minimum absolute atomic E-state index is 0.166. The summed E-state index contributed by atoms with van der Waals surface area (Å²) in [6, 6.07) is 2.60. The lowest BCUT2D eigenvalue weighted by atomic mass is 9.78. The number of fused-ring (bicyclic) bond motifs is 1. The van der Waals surface area contributed by atoms with E-state index in [4.69, 9.17) is 0 Å². The van der Waals surface area contributed by atoms with Gasteiger partial charge in [-0.05, 0) is 12.8 Å². The normalized spacial score (nSPS) is 19.5. The molecule has 4 heteroatoms. The zero-order chi connectivity index (χ0) is 12.4. The predicted octanol–water partition coefficient (Wildman–Crippen LogP) is 3.80. The van der Waals surface area contributed by atoms with Crippen LogP contribution >= 0.6 is 11.3 Å². The van der Waals surface area contributed by atoms with Gasteiger partial charge < -0.3 is 0 Å². The van der Waals surface area contributed by atoms with Gasteiger partial charge in [-0.1, -0.05) is 25.7 Å². The number of nitrogens with zero attached hydrogens (tertiary/aromatic N) is 3. The molecule has 1 aliphatic carbocycles. The molecule has 1 saturated carbocycles. The lowest BCUT2D eigenvalue weighted by molar-refractivity contribution is 0.336. The second-order valence-electron chi connectivity index (χ2n) is 5.31. The zero-order valence-corrected chi connectivity index (χ0v) is 11.2. The number of hydrogen-bond acceptors (Lipinski definition) is 3. The summed E-state index contributed by atoms with van der Waals surface area (Å²) in [4.78, 5) is 5.65. The Bertz CT molecular complexity index is 539. The summed E-state index contributed by atoms with van der Waals surface area (Å²) in [6.45, 7) is 0. The van der Waals surface area contributed by atoms with Crippen LogP contribution in [0.3, 0.4) is 0 Å². The second-order valence-corrected chi connectivity index (χ2v) is 6.18. The molecule has 18 heavy (non-hydrogen) atoms. The third-order valence-corrected chi connectivity index (χ3v) is 4.73. The number of imidazole rings is 1. The van der Waals surface area contributed by atoms with Gasteiger partial charge in [0.1, 0.15) is 0 Å². The predicted molar refractivity (Wildman–Crippen MR) is 72.5 cm³/mol. The lowest BCUT2D eigenvalue weighted by Crippen LogP contribution is -2.21. The molecule has 2 aromatic heterocycles. The number of nitriles is 1. The monoisotopic (exact) mass is 259 g/mol. The van der Waals surface area contributed by atoms with Crippen molar-refractivity contribution in [2.45, 2.75) is 44.9 Å². The van der Waals surface area contributed by atoms with Crippen molar-refractivity contribution in [1.29, 1.82) is 5.26 Å². The van der Waals surface area contributed by atoms with Crippen LogP contribution in [-0.4, -0.2) is 9.38 Å². The van der Waals surface area contributed by atoms with Crippen LogP contribution in [0.25, 0.3) is 4.96 Å². The van der Waals surface area contributed by atoms with Gasteiger partial charge >= 0.3 is 0 Å². The fourth-order valence-corrected chi connectivity index (χ4v) is 3.66. The first-order valence-corrected chi connectivity index (χ1v) is 7.52. The van der Waals surface area contributed by atoms with Crippen molar-refractivity contribution in [3.63, 3.8) is 0 Å². The molecule has 0 aromatic carbocycles. The van der Waals surface area contributed by atoms with Gasteiger partial charge in [-0.2, -0.15) is 5.26 Å². The molecule has 94 valence electrons. The molecular weight excluding hydrogens is 242 g/mol. The SMILES string of the molecule is N#CC1(Cc2cn3ccsc3n2)CCCCCC1. The molecule has 0 radical (unpaired) electrons. The van der Waals surface area contributed by atoms with E-state index in [1.165, 1.54) is 25.7 Å². The fraction of sp³-hybridized carbons (Fsp3) is 0.571. The van der Waals surface area contributed by atoms with E-state index < -0.39 is 0 Å². The zero-order valence-electron chi connectivity index (χ0n) is 10.4. The molecule has 3 rings (SSSR count). The number of thiazole rings is 1. The lowest BCUT2D eigenvalue weighted by Gasteiger charge is -2.23. The Labute approximate surface area is 111 Å². The number of rotatable bonds is 2. The molecule has 0 N–H and O–H groups in total. The summed E-state index contributed by atoms with van der Waals surface area (Å²) in [5.41, 5.74) is 0.908. The van der Waals surface area contributed by atoms with Crippen LogP contribution in [-0.2, 0) is 6.42 Å². The van der Waals surface area contributed by atoms with Gasteiger partial charge in [0.2, 0.25) is 0 Å². The molecule has 0 spiro atoms. The van der Waals surface area contributed by atoms with E-state index in [0.717, 1.165) is 29.9 Å². The van der Waals surface area contributed by atoms with E-state index >= 15 is 0 Å². The highest BCUT2D eigenvalue weighted by Crippen LogP contribution is 2.37. The molecule has 1 aliphatic rings. The Balaban J connectivity index is 1.84. The van der Waals surface area contributed by atoms with Gasteiger partial charge in [0, 0.05) is 24.2 Å². The number of hydrogen-bond donors (Lipinski definition) is 0. The highest BCUT2D eigenvalue weighted by molar-refractivity contribution is 7.15. The topological polar surface area (TPSA) is 41.1 Å². The first-order valence-electron chi connectivity index (χ1n) is 6.64. The summed E-state index contributed by atoms with van der Waals surface area (Å²) < 4.78 is 2.06. The molecular formula is C14H17N3S. The summed E-state index contributed by atoms with van der Waals surface area (Å²) in [7, 11) is 0. The van der Waals surface area contributed by atoms with Gasteiger partial charge in [-0.15, -0.1) is 11.3 Å². The van der Waals surface area contributed by atoms with E-state index in [0.29, 0.717) is 0 Å². The average molecular weight is 259 g/mol. The van der Waals surface area contributed by atoms with Gasteiger partial charge in [0.05, 0.1) is 17.2 Å². The standard InChI is InChI=1S/C14H17N3S/c15-11-14(5-3-1-2-4-6-14)9-12-10-17-7-8-18-13(17)16-12/h7-8,10H,1-6,9H2.